The van der Waals surface area contributed by atoms with Crippen LogP contribution in [0.2, 0.25) is 0 Å². The van der Waals surface area contributed by atoms with Gasteiger partial charge in [0.25, 0.3) is 0 Å². The van der Waals surface area contributed by atoms with Crippen molar-refractivity contribution in [1.29, 1.82) is 0 Å². The lowest BCUT2D eigenvalue weighted by Gasteiger charge is -2.37. The van der Waals surface area contributed by atoms with Crippen LogP contribution in [-0.2, 0) is 10.8 Å². The van der Waals surface area contributed by atoms with Gasteiger partial charge in [0, 0.05) is 22.5 Å². The topological polar surface area (TPSA) is 3.24 Å². The molecule has 1 heteroatoms. The van der Waals surface area contributed by atoms with Crippen molar-refractivity contribution in [3.05, 3.63) is 317 Å². The molecule has 0 fully saturated rings. The molecule has 0 radical (unpaired) electrons. The minimum absolute atomic E-state index is 0.567. The molecule has 67 heavy (non-hydrogen) atoms. The van der Waals surface area contributed by atoms with Crippen LogP contribution in [-0.4, -0.2) is 0 Å². The van der Waals surface area contributed by atoms with E-state index in [1.54, 1.807) is 0 Å². The quantitative estimate of drug-likeness (QED) is 0.147. The fourth-order valence-corrected chi connectivity index (χ4v) is 12.1. The van der Waals surface area contributed by atoms with Gasteiger partial charge in [-0.25, -0.2) is 0 Å². The standard InChI is InChI=1S/C66H45N/c1-7-25-46(26-8-1)61-55-38-19-20-39-56(55)63-62(57-40-22-24-42-59(57)66(63,49-31-13-4-14-32-49)50-33-15-5-16-34-50)64(61)67(51-35-17-6-18-36-51)52-43-44-54-53-37-21-23-41-58(53)65(60(54)45-52,47-27-9-2-10-28-47)48-29-11-3-12-30-48/h1-45H. The molecular weight excluding hydrogens is 807 g/mol. The lowest BCUT2D eigenvalue weighted by molar-refractivity contribution is 0.768. The molecule has 0 saturated carbocycles. The molecule has 0 heterocycles. The smallest absolute Gasteiger partial charge is 0.0720 e. The van der Waals surface area contributed by atoms with Crippen LogP contribution in [0.25, 0.3) is 44.2 Å². The Morgan fingerprint density at radius 2 is 0.687 bits per heavy atom. The first kappa shape index (κ1) is 38.9. The molecule has 13 rings (SSSR count). The summed E-state index contributed by atoms with van der Waals surface area (Å²) in [7, 11) is 0. The van der Waals surface area contributed by atoms with E-state index in [1.165, 1.54) is 88.7 Å². The summed E-state index contributed by atoms with van der Waals surface area (Å²) in [5.74, 6) is 0. The molecule has 0 aromatic heterocycles. The largest absolute Gasteiger partial charge is 0.309 e. The van der Waals surface area contributed by atoms with Crippen molar-refractivity contribution >= 4 is 27.8 Å². The maximum atomic E-state index is 2.58. The molecule has 2 aliphatic rings. The molecule has 11 aromatic carbocycles. The van der Waals surface area contributed by atoms with E-state index in [4.69, 9.17) is 0 Å². The average Bonchev–Trinajstić information content (AvgIpc) is 3.89. The van der Waals surface area contributed by atoms with Gasteiger partial charge in [-0.1, -0.05) is 249 Å². The van der Waals surface area contributed by atoms with E-state index in [0.717, 1.165) is 17.1 Å². The molecule has 1 nitrogen and oxygen atoms in total. The van der Waals surface area contributed by atoms with E-state index in [1.807, 2.05) is 0 Å². The maximum Gasteiger partial charge on any atom is 0.0720 e. The van der Waals surface area contributed by atoms with Gasteiger partial charge in [0.15, 0.2) is 0 Å². The molecule has 0 atom stereocenters. The van der Waals surface area contributed by atoms with E-state index in [2.05, 4.69) is 278 Å². The first-order valence-electron chi connectivity index (χ1n) is 23.4. The Labute approximate surface area is 392 Å². The van der Waals surface area contributed by atoms with Gasteiger partial charge in [0.1, 0.15) is 0 Å². The number of nitrogens with zero attached hydrogens (tertiary/aromatic N) is 1. The third kappa shape index (κ3) is 5.62. The monoisotopic (exact) mass is 851 g/mol. The minimum Gasteiger partial charge on any atom is -0.309 e. The van der Waals surface area contributed by atoms with Crippen molar-refractivity contribution < 1.29 is 0 Å². The summed E-state index contributed by atoms with van der Waals surface area (Å²) in [6.07, 6.45) is 0. The van der Waals surface area contributed by atoms with Gasteiger partial charge < -0.3 is 4.90 Å². The van der Waals surface area contributed by atoms with Crippen LogP contribution >= 0.6 is 0 Å². The predicted molar refractivity (Wildman–Crippen MR) is 279 cm³/mol. The third-order valence-electron chi connectivity index (χ3n) is 14.6. The van der Waals surface area contributed by atoms with E-state index in [0.29, 0.717) is 0 Å². The number of anilines is 3. The summed E-state index contributed by atoms with van der Waals surface area (Å²) in [6, 6.07) is 101. The molecule has 0 bridgehead atoms. The fourth-order valence-electron chi connectivity index (χ4n) is 12.1. The molecule has 0 aliphatic heterocycles. The number of benzene rings is 11. The van der Waals surface area contributed by atoms with E-state index < -0.39 is 10.8 Å². The first-order chi connectivity index (χ1) is 33.3. The van der Waals surface area contributed by atoms with Gasteiger partial charge in [0.05, 0.1) is 16.5 Å². The molecule has 0 N–H and O–H groups in total. The number of hydrogen-bond acceptors (Lipinski definition) is 1. The second kappa shape index (κ2) is 15.6. The van der Waals surface area contributed by atoms with Gasteiger partial charge in [0.2, 0.25) is 0 Å². The van der Waals surface area contributed by atoms with Crippen LogP contribution < -0.4 is 4.90 Å². The fraction of sp³-hybridized carbons (Fsp3) is 0.0303. The Bertz CT molecular complexity index is 3520. The lowest BCUT2D eigenvalue weighted by Crippen LogP contribution is -2.29. The second-order valence-electron chi connectivity index (χ2n) is 17.8. The second-order valence-corrected chi connectivity index (χ2v) is 17.8. The Kier molecular flexibility index (Phi) is 9.05. The van der Waals surface area contributed by atoms with Crippen molar-refractivity contribution in [3.8, 4) is 33.4 Å². The highest BCUT2D eigenvalue weighted by molar-refractivity contribution is 6.16. The SMILES string of the molecule is c1ccc(-c2c(N(c3ccccc3)c3ccc4c(c3)C(c3ccccc3)(c3ccccc3)c3ccccc3-4)c3c(c4ccccc24)C(c2ccccc2)(c2ccccc2)c2ccccc2-3)cc1. The Morgan fingerprint density at radius 3 is 1.25 bits per heavy atom. The van der Waals surface area contributed by atoms with Crippen molar-refractivity contribution in [1.82, 2.24) is 0 Å². The molecule has 2 aliphatic carbocycles. The number of fused-ring (bicyclic) bond motifs is 8. The summed E-state index contributed by atoms with van der Waals surface area (Å²) in [4.78, 5) is 2.58. The lowest BCUT2D eigenvalue weighted by atomic mass is 9.66. The van der Waals surface area contributed by atoms with Crippen LogP contribution in [0.15, 0.2) is 273 Å². The zero-order chi connectivity index (χ0) is 44.4. The minimum atomic E-state index is -0.629. The number of rotatable bonds is 8. The third-order valence-corrected chi connectivity index (χ3v) is 14.6. The van der Waals surface area contributed by atoms with Crippen LogP contribution in [0.4, 0.5) is 17.1 Å². The highest BCUT2D eigenvalue weighted by Gasteiger charge is 2.50. The summed E-state index contributed by atoms with van der Waals surface area (Å²) < 4.78 is 0. The van der Waals surface area contributed by atoms with Crippen molar-refractivity contribution in [2.45, 2.75) is 10.8 Å². The van der Waals surface area contributed by atoms with Gasteiger partial charge in [-0.2, -0.15) is 0 Å². The molecule has 11 aromatic rings. The first-order valence-corrected chi connectivity index (χ1v) is 23.4. The summed E-state index contributed by atoms with van der Waals surface area (Å²) >= 11 is 0. The molecule has 0 saturated heterocycles. The van der Waals surface area contributed by atoms with Crippen LogP contribution in [0, 0.1) is 0 Å². The number of para-hydroxylation sites is 1. The molecule has 0 spiro atoms. The van der Waals surface area contributed by atoms with Crippen LogP contribution in [0.5, 0.6) is 0 Å². The average molecular weight is 852 g/mol. The molecule has 0 unspecified atom stereocenters. The summed E-state index contributed by atoms with van der Waals surface area (Å²) in [5, 5.41) is 2.46. The summed E-state index contributed by atoms with van der Waals surface area (Å²) in [6.45, 7) is 0. The molecular formula is C66H45N. The Balaban J connectivity index is 1.22. The van der Waals surface area contributed by atoms with Crippen molar-refractivity contribution in [3.63, 3.8) is 0 Å². The normalized spacial score (nSPS) is 13.6. The highest BCUT2D eigenvalue weighted by atomic mass is 15.1. The zero-order valence-corrected chi connectivity index (χ0v) is 36.9. The maximum absolute atomic E-state index is 2.58. The highest BCUT2D eigenvalue weighted by Crippen LogP contribution is 2.65. The summed E-state index contributed by atoms with van der Waals surface area (Å²) in [5.41, 5.74) is 19.6. The van der Waals surface area contributed by atoms with Gasteiger partial charge in [-0.15, -0.1) is 0 Å². The van der Waals surface area contributed by atoms with Gasteiger partial charge in [-0.3, -0.25) is 0 Å². The number of hydrogen-bond donors (Lipinski definition) is 0. The molecule has 314 valence electrons. The molecule has 0 amide bonds. The van der Waals surface area contributed by atoms with Crippen LogP contribution in [0.1, 0.15) is 44.5 Å². The Morgan fingerprint density at radius 1 is 0.269 bits per heavy atom. The van der Waals surface area contributed by atoms with Crippen molar-refractivity contribution in [2.24, 2.45) is 0 Å². The van der Waals surface area contributed by atoms with E-state index >= 15 is 0 Å². The van der Waals surface area contributed by atoms with Gasteiger partial charge in [-0.05, 0) is 102 Å². The van der Waals surface area contributed by atoms with Crippen LogP contribution in [0.3, 0.4) is 0 Å². The predicted octanol–water partition coefficient (Wildman–Crippen LogP) is 16.7. The van der Waals surface area contributed by atoms with Crippen molar-refractivity contribution in [2.75, 3.05) is 4.90 Å². The zero-order valence-electron chi connectivity index (χ0n) is 36.9. The van der Waals surface area contributed by atoms with E-state index in [9.17, 15) is 0 Å². The van der Waals surface area contributed by atoms with E-state index in [-0.39, 0.29) is 0 Å². The van der Waals surface area contributed by atoms with Gasteiger partial charge >= 0.3 is 0 Å². The Hall–Kier alpha value is -8.52.